The van der Waals surface area contributed by atoms with Gasteiger partial charge in [-0.05, 0) is 124 Å². The molecule has 12 nitrogen and oxygen atoms in total. The van der Waals surface area contributed by atoms with Crippen molar-refractivity contribution in [2.75, 3.05) is 26.6 Å². The summed E-state index contributed by atoms with van der Waals surface area (Å²) in [4.78, 5) is 35.4. The lowest BCUT2D eigenvalue weighted by molar-refractivity contribution is -0.258. The number of aliphatic hydroxyl groups excluding tert-OH is 2. The van der Waals surface area contributed by atoms with E-state index in [1.807, 2.05) is 62.1 Å². The second-order valence-corrected chi connectivity index (χ2v) is 19.7. The molecule has 6 unspecified atom stereocenters. The van der Waals surface area contributed by atoms with Gasteiger partial charge in [0.25, 0.3) is 0 Å². The molecule has 0 spiro atoms. The van der Waals surface area contributed by atoms with E-state index in [0.717, 1.165) is 73.6 Å². The molecule has 12 heteroatoms. The zero-order valence-electron chi connectivity index (χ0n) is 39.0. The molecule has 0 saturated heterocycles. The number of rotatable bonds is 21. The zero-order valence-corrected chi connectivity index (χ0v) is 39.0. The lowest BCUT2D eigenvalue weighted by Crippen LogP contribution is -2.70. The summed E-state index contributed by atoms with van der Waals surface area (Å²) in [6.45, 7) is 10.8. The molecule has 2 saturated carbocycles. The molecule has 8 rings (SSSR count). The fourth-order valence-electron chi connectivity index (χ4n) is 11.1. The minimum atomic E-state index is -1.41. The average Bonchev–Trinajstić information content (AvgIpc) is 4.02. The molecule has 6 atom stereocenters. The summed E-state index contributed by atoms with van der Waals surface area (Å²) in [7, 11) is 0. The first-order valence-electron chi connectivity index (χ1n) is 24.2. The van der Waals surface area contributed by atoms with Crippen LogP contribution in [0.3, 0.4) is 0 Å². The summed E-state index contributed by atoms with van der Waals surface area (Å²) < 4.78 is 32.8. The smallest absolute Gasteiger partial charge is 0.239 e. The van der Waals surface area contributed by atoms with Gasteiger partial charge in [-0.1, -0.05) is 74.0 Å². The quantitative estimate of drug-likeness (QED) is 0.0458. The van der Waals surface area contributed by atoms with Gasteiger partial charge in [-0.3, -0.25) is 9.59 Å². The highest BCUT2D eigenvalue weighted by Crippen LogP contribution is 2.62. The molecular formula is C54H68N2O10. The standard InChI is InChI=1S/C54H68N2O10/c1-5-27-63-54-49(56(50(60)24-20-36-13-6-7-14-36)33-37-19-22-47-48(29-37)62-35-61-47)32-45(55-66-53(2,3)4)43-30-39(16-8-10-25-57)42(18-9-11-26-58)51(52(43)54)44-31-41(21-23-46(44)65-54)64-40-17-12-15-38(28-40)34-59/h5,12,15,17,19,21-23,28-31,34,36,39,42,49,51-52,57-58H,1,6-11,13-14,16,18,20,24-27,32-33,35H2,2-4H3. The Morgan fingerprint density at radius 1 is 0.924 bits per heavy atom. The highest BCUT2D eigenvalue weighted by Gasteiger charge is 2.65. The topological polar surface area (TPSA) is 146 Å². The van der Waals surface area contributed by atoms with Gasteiger partial charge < -0.3 is 43.6 Å². The van der Waals surface area contributed by atoms with E-state index in [1.165, 1.54) is 12.8 Å². The van der Waals surface area contributed by atoms with Crippen molar-refractivity contribution in [3.8, 4) is 28.7 Å². The summed E-state index contributed by atoms with van der Waals surface area (Å²) >= 11 is 0. The number of allylic oxidation sites excluding steroid dienone is 1. The van der Waals surface area contributed by atoms with Gasteiger partial charge in [-0.25, -0.2) is 0 Å². The summed E-state index contributed by atoms with van der Waals surface area (Å²) in [5, 5.41) is 25.1. The van der Waals surface area contributed by atoms with Crippen LogP contribution < -0.4 is 18.9 Å². The Balaban J connectivity index is 1.33. The van der Waals surface area contributed by atoms with Gasteiger partial charge in [0.15, 0.2) is 11.5 Å². The third-order valence-electron chi connectivity index (χ3n) is 14.0. The third-order valence-corrected chi connectivity index (χ3v) is 14.0. The molecule has 2 N–H and O–H groups in total. The molecule has 5 aliphatic rings. The number of fused-ring (bicyclic) bond motifs is 3. The van der Waals surface area contributed by atoms with E-state index in [0.29, 0.717) is 65.9 Å². The first-order chi connectivity index (χ1) is 32.0. The Kier molecular flexibility index (Phi) is 15.2. The van der Waals surface area contributed by atoms with Gasteiger partial charge in [0.1, 0.15) is 35.2 Å². The highest BCUT2D eigenvalue weighted by atomic mass is 16.7. The van der Waals surface area contributed by atoms with Crippen LogP contribution in [0.5, 0.6) is 28.7 Å². The lowest BCUT2D eigenvalue weighted by atomic mass is 9.55. The van der Waals surface area contributed by atoms with E-state index in [4.69, 9.17) is 33.7 Å². The predicted molar refractivity (Wildman–Crippen MR) is 252 cm³/mol. The van der Waals surface area contributed by atoms with Crippen LogP contribution in [0, 0.1) is 23.7 Å². The normalized spacial score (nSPS) is 24.8. The number of carbonyl (C=O) groups excluding carboxylic acids is 2. The first-order valence-corrected chi connectivity index (χ1v) is 24.2. The van der Waals surface area contributed by atoms with Crippen LogP contribution in [0.1, 0.15) is 132 Å². The maximum atomic E-state index is 15.3. The van der Waals surface area contributed by atoms with E-state index in [9.17, 15) is 15.0 Å². The number of aldehydes is 1. The number of benzene rings is 3. The van der Waals surface area contributed by atoms with E-state index in [-0.39, 0.29) is 56.8 Å². The maximum absolute atomic E-state index is 15.3. The van der Waals surface area contributed by atoms with Crippen LogP contribution in [-0.4, -0.2) is 77.1 Å². The SMILES string of the molecule is C=CCOC12Oc3ccc(Oc4cccc(C=O)c4)cc3C3C(CCCCO)C(CCCCO)C=C(C(=NOC(C)(C)C)CC1N(Cc1ccc4c(c1)OCO4)C(=O)CCC1CCCC1)C32. The Morgan fingerprint density at radius 3 is 2.44 bits per heavy atom. The number of nitrogens with zero attached hydrogens (tertiary/aromatic N) is 2. The Morgan fingerprint density at radius 2 is 1.68 bits per heavy atom. The van der Waals surface area contributed by atoms with Crippen molar-refractivity contribution in [2.24, 2.45) is 28.8 Å². The molecule has 1 amide bonds. The van der Waals surface area contributed by atoms with Crippen LogP contribution >= 0.6 is 0 Å². The van der Waals surface area contributed by atoms with E-state index >= 15 is 4.79 Å². The van der Waals surface area contributed by atoms with E-state index in [2.05, 4.69) is 18.7 Å². The van der Waals surface area contributed by atoms with Crippen molar-refractivity contribution in [3.05, 3.63) is 102 Å². The fourth-order valence-corrected chi connectivity index (χ4v) is 11.1. The third kappa shape index (κ3) is 10.5. The average molecular weight is 905 g/mol. The monoisotopic (exact) mass is 904 g/mol. The largest absolute Gasteiger partial charge is 0.459 e. The van der Waals surface area contributed by atoms with Gasteiger partial charge >= 0.3 is 0 Å². The van der Waals surface area contributed by atoms with Gasteiger partial charge in [-0.2, -0.15) is 0 Å². The number of aliphatic hydroxyl groups is 2. The molecule has 2 fully saturated rings. The summed E-state index contributed by atoms with van der Waals surface area (Å²) in [6.07, 6.45) is 15.6. The molecule has 3 aromatic carbocycles. The van der Waals surface area contributed by atoms with Crippen molar-refractivity contribution < 1.29 is 48.3 Å². The van der Waals surface area contributed by atoms with Crippen molar-refractivity contribution in [1.82, 2.24) is 4.90 Å². The molecule has 0 radical (unpaired) electrons. The van der Waals surface area contributed by atoms with Crippen LogP contribution in [0.15, 0.2) is 90.1 Å². The van der Waals surface area contributed by atoms with Gasteiger partial charge in [0, 0.05) is 49.6 Å². The first kappa shape index (κ1) is 47.3. The van der Waals surface area contributed by atoms with Gasteiger partial charge in [0.2, 0.25) is 18.5 Å². The van der Waals surface area contributed by atoms with Crippen molar-refractivity contribution in [3.63, 3.8) is 0 Å². The number of amides is 1. The Labute approximate surface area is 389 Å². The van der Waals surface area contributed by atoms with E-state index in [1.54, 1.807) is 24.3 Å². The minimum Gasteiger partial charge on any atom is -0.459 e. The van der Waals surface area contributed by atoms with Crippen LogP contribution in [0.2, 0.25) is 0 Å². The summed E-state index contributed by atoms with van der Waals surface area (Å²) in [5.74, 6) is 1.57. The number of carbonyl (C=O) groups is 2. The maximum Gasteiger partial charge on any atom is 0.239 e. The lowest BCUT2D eigenvalue weighted by Gasteiger charge is -2.60. The second kappa shape index (κ2) is 21.2. The minimum absolute atomic E-state index is 0.0131. The molecule has 3 aromatic rings. The molecule has 0 aromatic heterocycles. The number of oxime groups is 1. The summed E-state index contributed by atoms with van der Waals surface area (Å²) in [5.41, 5.74) is 3.45. The summed E-state index contributed by atoms with van der Waals surface area (Å²) in [6, 6.07) is 18.2. The number of hydrogen-bond acceptors (Lipinski definition) is 11. The number of unbranched alkanes of at least 4 members (excludes halogenated alkanes) is 2. The highest BCUT2D eigenvalue weighted by molar-refractivity contribution is 6.03. The fraction of sp³-hybridized carbons (Fsp3) is 0.537. The van der Waals surface area contributed by atoms with Crippen LogP contribution in [0.4, 0.5) is 0 Å². The number of ether oxygens (including phenoxy) is 5. The second-order valence-electron chi connectivity index (χ2n) is 19.7. The zero-order chi connectivity index (χ0) is 46.3. The molecular weight excluding hydrogens is 837 g/mol. The van der Waals surface area contributed by atoms with Gasteiger partial charge in [0.05, 0.1) is 18.2 Å². The molecule has 2 heterocycles. The van der Waals surface area contributed by atoms with E-state index < -0.39 is 23.3 Å². The van der Waals surface area contributed by atoms with Crippen LogP contribution in [0.25, 0.3) is 0 Å². The van der Waals surface area contributed by atoms with Gasteiger partial charge in [-0.15, -0.1) is 6.58 Å². The molecule has 2 aliphatic heterocycles. The Hall–Kier alpha value is -5.17. The number of hydrogen-bond donors (Lipinski definition) is 2. The molecule has 3 aliphatic carbocycles. The molecule has 66 heavy (non-hydrogen) atoms. The molecule has 354 valence electrons. The molecule has 0 bridgehead atoms. The van der Waals surface area contributed by atoms with Crippen LogP contribution in [-0.2, 0) is 20.9 Å². The van der Waals surface area contributed by atoms with Crippen molar-refractivity contribution in [1.29, 1.82) is 0 Å². The Bertz CT molecular complexity index is 2240. The van der Waals surface area contributed by atoms with Crippen molar-refractivity contribution >= 4 is 17.9 Å². The van der Waals surface area contributed by atoms with Crippen molar-refractivity contribution in [2.45, 2.75) is 134 Å². The predicted octanol–water partition coefficient (Wildman–Crippen LogP) is 10.5.